The van der Waals surface area contributed by atoms with Crippen LogP contribution in [0.1, 0.15) is 18.4 Å². The number of hydrogen-bond acceptors (Lipinski definition) is 2. The van der Waals surface area contributed by atoms with Gasteiger partial charge in [-0.2, -0.15) is 0 Å². The first-order valence-electron chi connectivity index (χ1n) is 7.66. The van der Waals surface area contributed by atoms with Crippen LogP contribution in [0.3, 0.4) is 0 Å². The van der Waals surface area contributed by atoms with Gasteiger partial charge in [0, 0.05) is 30.2 Å². The van der Waals surface area contributed by atoms with Crippen LogP contribution in [0.2, 0.25) is 0 Å². The van der Waals surface area contributed by atoms with Crippen molar-refractivity contribution in [2.24, 2.45) is 5.92 Å². The summed E-state index contributed by atoms with van der Waals surface area (Å²) >= 11 is 3.15. The molecule has 1 saturated heterocycles. The number of carboxylic acid groups (broad SMARTS) is 1. The standard InChI is InChI=1S/C16H18BrF3N2O3/c1-21(13(23)10-3-2-8-22(9-10)15(24)25)16(20,14(18)19)11-4-6-12(17)7-5-11/h4-7,10,14H,2-3,8-9H2,1H3,(H,24,25). The highest BCUT2D eigenvalue weighted by atomic mass is 79.9. The molecular formula is C16H18BrF3N2O3. The Morgan fingerprint density at radius 1 is 1.36 bits per heavy atom. The van der Waals surface area contributed by atoms with Gasteiger partial charge in [-0.3, -0.25) is 4.79 Å². The molecule has 2 atom stereocenters. The van der Waals surface area contributed by atoms with Crippen molar-refractivity contribution in [2.75, 3.05) is 20.1 Å². The minimum absolute atomic E-state index is 0.127. The molecule has 0 bridgehead atoms. The van der Waals surface area contributed by atoms with E-state index >= 15 is 4.39 Å². The zero-order valence-corrected chi connectivity index (χ0v) is 15.0. The number of carbonyl (C=O) groups is 2. The molecule has 2 unspecified atom stereocenters. The van der Waals surface area contributed by atoms with E-state index in [-0.39, 0.29) is 18.7 Å². The molecule has 0 spiro atoms. The lowest BCUT2D eigenvalue weighted by molar-refractivity contribution is -0.173. The normalized spacial score (nSPS) is 20.2. The molecule has 2 amide bonds. The molecule has 0 aromatic heterocycles. The monoisotopic (exact) mass is 422 g/mol. The van der Waals surface area contributed by atoms with Crippen molar-refractivity contribution in [3.05, 3.63) is 34.3 Å². The fourth-order valence-corrected chi connectivity index (χ4v) is 3.20. The van der Waals surface area contributed by atoms with E-state index in [0.717, 1.165) is 11.9 Å². The number of amides is 2. The molecule has 1 aromatic carbocycles. The van der Waals surface area contributed by atoms with Crippen LogP contribution in [0, 0.1) is 5.92 Å². The largest absolute Gasteiger partial charge is 0.465 e. The summed E-state index contributed by atoms with van der Waals surface area (Å²) in [6.07, 6.45) is -3.90. The Bertz CT molecular complexity index is 644. The lowest BCUT2D eigenvalue weighted by atomic mass is 9.94. The van der Waals surface area contributed by atoms with Gasteiger partial charge in [-0.25, -0.2) is 18.0 Å². The molecule has 0 radical (unpaired) electrons. The number of piperidine rings is 1. The van der Waals surface area contributed by atoms with E-state index in [1.807, 2.05) is 0 Å². The Morgan fingerprint density at radius 2 is 1.96 bits per heavy atom. The maximum atomic E-state index is 15.2. The highest BCUT2D eigenvalue weighted by Gasteiger charge is 2.50. The SMILES string of the molecule is CN(C(=O)C1CCCN(C(=O)O)C1)C(F)(c1ccc(Br)cc1)C(F)F. The minimum Gasteiger partial charge on any atom is -0.465 e. The number of hydrogen-bond donors (Lipinski definition) is 1. The lowest BCUT2D eigenvalue weighted by Gasteiger charge is -2.38. The van der Waals surface area contributed by atoms with Crippen molar-refractivity contribution in [2.45, 2.75) is 25.1 Å². The van der Waals surface area contributed by atoms with Gasteiger partial charge in [0.25, 0.3) is 12.2 Å². The second-order valence-corrected chi connectivity index (χ2v) is 6.86. The van der Waals surface area contributed by atoms with Crippen LogP contribution in [-0.4, -0.2) is 53.5 Å². The topological polar surface area (TPSA) is 60.9 Å². The van der Waals surface area contributed by atoms with Crippen LogP contribution in [0.25, 0.3) is 0 Å². The number of benzene rings is 1. The third-order valence-corrected chi connectivity index (χ3v) is 4.93. The number of likely N-dealkylation sites (tertiary alicyclic amines) is 1. The molecule has 2 rings (SSSR count). The molecule has 1 aliphatic heterocycles. The van der Waals surface area contributed by atoms with Crippen LogP contribution in [-0.2, 0) is 10.6 Å². The Labute approximate surface area is 151 Å². The Morgan fingerprint density at radius 3 is 2.48 bits per heavy atom. The van der Waals surface area contributed by atoms with E-state index in [9.17, 15) is 18.4 Å². The molecule has 0 saturated carbocycles. The summed E-state index contributed by atoms with van der Waals surface area (Å²) < 4.78 is 43.0. The van der Waals surface area contributed by atoms with Gasteiger partial charge in [0.15, 0.2) is 0 Å². The van der Waals surface area contributed by atoms with Crippen LogP contribution in [0.4, 0.5) is 18.0 Å². The van der Waals surface area contributed by atoms with Crippen LogP contribution < -0.4 is 0 Å². The van der Waals surface area contributed by atoms with Crippen molar-refractivity contribution in [3.8, 4) is 0 Å². The van der Waals surface area contributed by atoms with E-state index < -0.39 is 30.1 Å². The van der Waals surface area contributed by atoms with Crippen LogP contribution >= 0.6 is 15.9 Å². The number of nitrogens with zero attached hydrogens (tertiary/aromatic N) is 2. The molecule has 138 valence electrons. The smallest absolute Gasteiger partial charge is 0.407 e. The van der Waals surface area contributed by atoms with Gasteiger partial charge in [0.2, 0.25) is 5.91 Å². The first-order chi connectivity index (χ1) is 11.7. The van der Waals surface area contributed by atoms with Gasteiger partial charge >= 0.3 is 6.09 Å². The minimum atomic E-state index is -3.46. The fraction of sp³-hybridized carbons (Fsp3) is 0.500. The first-order valence-corrected chi connectivity index (χ1v) is 8.45. The molecule has 25 heavy (non-hydrogen) atoms. The zero-order chi connectivity index (χ0) is 18.8. The molecule has 1 heterocycles. The molecule has 5 nitrogen and oxygen atoms in total. The molecule has 1 N–H and O–H groups in total. The quantitative estimate of drug-likeness (QED) is 0.752. The highest BCUT2D eigenvalue weighted by molar-refractivity contribution is 9.10. The average molecular weight is 423 g/mol. The maximum absolute atomic E-state index is 15.2. The Balaban J connectivity index is 2.27. The van der Waals surface area contributed by atoms with Gasteiger partial charge in [0.1, 0.15) is 0 Å². The van der Waals surface area contributed by atoms with Gasteiger partial charge in [-0.1, -0.05) is 28.1 Å². The highest BCUT2D eigenvalue weighted by Crippen LogP contribution is 2.38. The summed E-state index contributed by atoms with van der Waals surface area (Å²) in [6, 6.07) is 5.20. The maximum Gasteiger partial charge on any atom is 0.407 e. The lowest BCUT2D eigenvalue weighted by Crippen LogP contribution is -2.53. The molecule has 1 fully saturated rings. The third-order valence-electron chi connectivity index (χ3n) is 4.40. The third kappa shape index (κ3) is 3.91. The summed E-state index contributed by atoms with van der Waals surface area (Å²) in [5.41, 5.74) is -0.340. The molecule has 9 heteroatoms. The second kappa shape index (κ2) is 7.63. The molecule has 1 aromatic rings. The van der Waals surface area contributed by atoms with Crippen molar-refractivity contribution in [1.82, 2.24) is 9.80 Å². The Hall–Kier alpha value is -1.77. The van der Waals surface area contributed by atoms with Gasteiger partial charge in [-0.15, -0.1) is 0 Å². The molecular weight excluding hydrogens is 405 g/mol. The second-order valence-electron chi connectivity index (χ2n) is 5.95. The van der Waals surface area contributed by atoms with Crippen LogP contribution in [0.5, 0.6) is 0 Å². The number of rotatable bonds is 4. The summed E-state index contributed by atoms with van der Waals surface area (Å²) in [6.45, 7) is 0.142. The molecule has 1 aliphatic rings. The van der Waals surface area contributed by atoms with Crippen LogP contribution in [0.15, 0.2) is 28.7 Å². The van der Waals surface area contributed by atoms with Gasteiger partial charge < -0.3 is 14.9 Å². The van der Waals surface area contributed by atoms with Crippen molar-refractivity contribution < 1.29 is 27.9 Å². The number of alkyl halides is 3. The van der Waals surface area contributed by atoms with Gasteiger partial charge in [0.05, 0.1) is 5.92 Å². The molecule has 0 aliphatic carbocycles. The summed E-state index contributed by atoms with van der Waals surface area (Å²) in [5, 5.41) is 9.03. The zero-order valence-electron chi connectivity index (χ0n) is 13.5. The summed E-state index contributed by atoms with van der Waals surface area (Å²) in [4.78, 5) is 25.1. The summed E-state index contributed by atoms with van der Waals surface area (Å²) in [5.74, 6) is -4.97. The van der Waals surface area contributed by atoms with E-state index in [0.29, 0.717) is 22.2 Å². The van der Waals surface area contributed by atoms with E-state index in [1.54, 1.807) is 0 Å². The predicted molar refractivity (Wildman–Crippen MR) is 88.0 cm³/mol. The van der Waals surface area contributed by atoms with Crippen molar-refractivity contribution in [3.63, 3.8) is 0 Å². The average Bonchev–Trinajstić information content (AvgIpc) is 2.60. The van der Waals surface area contributed by atoms with E-state index in [2.05, 4.69) is 15.9 Å². The summed E-state index contributed by atoms with van der Waals surface area (Å²) in [7, 11) is 0.982. The Kier molecular flexibility index (Phi) is 5.97. The number of carbonyl (C=O) groups excluding carboxylic acids is 1. The first kappa shape index (κ1) is 19.6. The van der Waals surface area contributed by atoms with Crippen molar-refractivity contribution in [1.29, 1.82) is 0 Å². The van der Waals surface area contributed by atoms with Crippen molar-refractivity contribution >= 4 is 27.9 Å². The van der Waals surface area contributed by atoms with E-state index in [1.165, 1.54) is 24.3 Å². The predicted octanol–water partition coefficient (Wildman–Crippen LogP) is 3.68. The fourth-order valence-electron chi connectivity index (χ4n) is 2.94. The number of halogens is 4. The van der Waals surface area contributed by atoms with E-state index in [4.69, 9.17) is 5.11 Å². The van der Waals surface area contributed by atoms with Gasteiger partial charge in [-0.05, 0) is 25.0 Å².